The molecule has 1 aromatic heterocycles. The van der Waals surface area contributed by atoms with E-state index < -0.39 is 0 Å². The first kappa shape index (κ1) is 14.3. The Bertz CT molecular complexity index is 578. The van der Waals surface area contributed by atoms with Gasteiger partial charge in [0.05, 0.1) is 5.52 Å². The highest BCUT2D eigenvalue weighted by atomic mass is 79.9. The van der Waals surface area contributed by atoms with Gasteiger partial charge in [0.2, 0.25) is 0 Å². The standard InChI is InChI=1S/C16H21BrN2/c1-4-6-12-10-14(18-9-5-2)15-13(17)8-7-11(3)16(15)19-12/h7-8,10H,4-6,9H2,1-3H3,(H,18,19). The maximum Gasteiger partial charge on any atom is 0.0766 e. The molecule has 0 aliphatic rings. The normalized spacial score (nSPS) is 10.9. The molecule has 19 heavy (non-hydrogen) atoms. The Morgan fingerprint density at radius 1 is 1.21 bits per heavy atom. The van der Waals surface area contributed by atoms with Crippen LogP contribution in [-0.4, -0.2) is 11.5 Å². The van der Waals surface area contributed by atoms with Crippen LogP contribution in [0.4, 0.5) is 5.69 Å². The molecule has 0 spiro atoms. The molecule has 0 saturated heterocycles. The Morgan fingerprint density at radius 2 is 2.00 bits per heavy atom. The molecule has 0 amide bonds. The molecule has 0 atom stereocenters. The molecule has 3 heteroatoms. The Kier molecular flexibility index (Phi) is 4.81. The number of anilines is 1. The van der Waals surface area contributed by atoms with E-state index in [1.807, 2.05) is 0 Å². The number of rotatable bonds is 5. The van der Waals surface area contributed by atoms with Crippen LogP contribution in [0.2, 0.25) is 0 Å². The van der Waals surface area contributed by atoms with Gasteiger partial charge in [-0.3, -0.25) is 4.98 Å². The van der Waals surface area contributed by atoms with E-state index in [1.54, 1.807) is 0 Å². The first-order valence-corrected chi connectivity index (χ1v) is 7.79. The fraction of sp³-hybridized carbons (Fsp3) is 0.438. The lowest BCUT2D eigenvalue weighted by Gasteiger charge is -2.14. The summed E-state index contributed by atoms with van der Waals surface area (Å²) < 4.78 is 1.11. The lowest BCUT2D eigenvalue weighted by Crippen LogP contribution is -2.03. The highest BCUT2D eigenvalue weighted by molar-refractivity contribution is 9.10. The Labute approximate surface area is 123 Å². The van der Waals surface area contributed by atoms with E-state index in [2.05, 4.69) is 60.2 Å². The summed E-state index contributed by atoms with van der Waals surface area (Å²) in [6, 6.07) is 6.43. The second-order valence-corrected chi connectivity index (χ2v) is 5.78. The molecule has 2 aromatic rings. The smallest absolute Gasteiger partial charge is 0.0766 e. The van der Waals surface area contributed by atoms with E-state index >= 15 is 0 Å². The number of aromatic nitrogens is 1. The van der Waals surface area contributed by atoms with Gasteiger partial charge in [-0.1, -0.05) is 42.3 Å². The molecule has 2 rings (SSSR count). The van der Waals surface area contributed by atoms with Crippen LogP contribution in [0.5, 0.6) is 0 Å². The maximum atomic E-state index is 4.82. The van der Waals surface area contributed by atoms with Crippen molar-refractivity contribution in [2.75, 3.05) is 11.9 Å². The Balaban J connectivity index is 2.63. The molecule has 0 radical (unpaired) electrons. The van der Waals surface area contributed by atoms with Crippen molar-refractivity contribution >= 4 is 32.5 Å². The number of hydrogen-bond donors (Lipinski definition) is 1. The molecular formula is C16H21BrN2. The summed E-state index contributed by atoms with van der Waals surface area (Å²) in [5, 5.41) is 4.74. The summed E-state index contributed by atoms with van der Waals surface area (Å²) in [6.45, 7) is 7.49. The lowest BCUT2D eigenvalue weighted by atomic mass is 10.1. The highest BCUT2D eigenvalue weighted by Crippen LogP contribution is 2.32. The molecule has 0 aliphatic carbocycles. The second-order valence-electron chi connectivity index (χ2n) is 4.93. The van der Waals surface area contributed by atoms with Crippen molar-refractivity contribution in [3.8, 4) is 0 Å². The van der Waals surface area contributed by atoms with Gasteiger partial charge in [0.1, 0.15) is 0 Å². The predicted molar refractivity (Wildman–Crippen MR) is 87.0 cm³/mol. The van der Waals surface area contributed by atoms with Crippen molar-refractivity contribution in [3.63, 3.8) is 0 Å². The topological polar surface area (TPSA) is 24.9 Å². The third-order valence-electron chi connectivity index (χ3n) is 3.24. The Hall–Kier alpha value is -1.09. The highest BCUT2D eigenvalue weighted by Gasteiger charge is 2.10. The number of fused-ring (bicyclic) bond motifs is 1. The number of benzene rings is 1. The molecule has 2 nitrogen and oxygen atoms in total. The molecule has 0 bridgehead atoms. The molecule has 0 unspecified atom stereocenters. The van der Waals surface area contributed by atoms with E-state index in [0.29, 0.717) is 0 Å². The minimum Gasteiger partial charge on any atom is -0.384 e. The molecule has 1 N–H and O–H groups in total. The van der Waals surface area contributed by atoms with Gasteiger partial charge >= 0.3 is 0 Å². The average Bonchev–Trinajstić information content (AvgIpc) is 2.40. The SMILES string of the molecule is CCCNc1cc(CCC)nc2c(C)ccc(Br)c12. The van der Waals surface area contributed by atoms with Crippen LogP contribution in [0.1, 0.15) is 37.9 Å². The number of hydrogen-bond acceptors (Lipinski definition) is 2. The summed E-state index contributed by atoms with van der Waals surface area (Å²) in [5.41, 5.74) is 4.72. The van der Waals surface area contributed by atoms with Crippen molar-refractivity contribution < 1.29 is 0 Å². The summed E-state index contributed by atoms with van der Waals surface area (Å²) >= 11 is 3.66. The number of nitrogens with one attached hydrogen (secondary N) is 1. The minimum absolute atomic E-state index is 0.991. The Morgan fingerprint density at radius 3 is 2.68 bits per heavy atom. The molecular weight excluding hydrogens is 300 g/mol. The van der Waals surface area contributed by atoms with Crippen LogP contribution in [0.25, 0.3) is 10.9 Å². The monoisotopic (exact) mass is 320 g/mol. The summed E-state index contributed by atoms with van der Waals surface area (Å²) in [5.74, 6) is 0. The van der Waals surface area contributed by atoms with Gasteiger partial charge in [-0.2, -0.15) is 0 Å². The predicted octanol–water partition coefficient (Wildman–Crippen LogP) is 5.08. The number of nitrogens with zero attached hydrogens (tertiary/aromatic N) is 1. The summed E-state index contributed by atoms with van der Waals surface area (Å²) in [6.07, 6.45) is 3.28. The van der Waals surface area contributed by atoms with Gasteiger partial charge in [0.15, 0.2) is 0 Å². The van der Waals surface area contributed by atoms with Gasteiger partial charge in [-0.05, 0) is 37.5 Å². The van der Waals surface area contributed by atoms with Crippen molar-refractivity contribution in [2.24, 2.45) is 0 Å². The van der Waals surface area contributed by atoms with E-state index in [1.165, 1.54) is 22.3 Å². The number of pyridine rings is 1. The van der Waals surface area contributed by atoms with Crippen LogP contribution in [0.15, 0.2) is 22.7 Å². The first-order chi connectivity index (χ1) is 9.17. The van der Waals surface area contributed by atoms with Gasteiger partial charge in [0.25, 0.3) is 0 Å². The van der Waals surface area contributed by atoms with Crippen LogP contribution in [0, 0.1) is 6.92 Å². The van der Waals surface area contributed by atoms with Crippen LogP contribution in [-0.2, 0) is 6.42 Å². The maximum absolute atomic E-state index is 4.82. The summed E-state index contributed by atoms with van der Waals surface area (Å²) in [7, 11) is 0. The second kappa shape index (κ2) is 6.38. The summed E-state index contributed by atoms with van der Waals surface area (Å²) in [4.78, 5) is 4.82. The fourth-order valence-corrected chi connectivity index (χ4v) is 2.80. The molecule has 1 heterocycles. The molecule has 0 aliphatic heterocycles. The van der Waals surface area contributed by atoms with Gasteiger partial charge in [-0.25, -0.2) is 0 Å². The van der Waals surface area contributed by atoms with E-state index in [0.717, 1.165) is 35.8 Å². The van der Waals surface area contributed by atoms with Crippen LogP contribution < -0.4 is 5.32 Å². The number of halogens is 1. The molecule has 102 valence electrons. The zero-order valence-corrected chi connectivity index (χ0v) is 13.5. The number of aryl methyl sites for hydroxylation is 2. The van der Waals surface area contributed by atoms with E-state index in [4.69, 9.17) is 4.98 Å². The van der Waals surface area contributed by atoms with Gasteiger partial charge < -0.3 is 5.32 Å². The molecule has 0 saturated carbocycles. The third kappa shape index (κ3) is 3.08. The van der Waals surface area contributed by atoms with E-state index in [-0.39, 0.29) is 0 Å². The van der Waals surface area contributed by atoms with Crippen molar-refractivity contribution in [1.29, 1.82) is 0 Å². The van der Waals surface area contributed by atoms with Crippen molar-refractivity contribution in [1.82, 2.24) is 4.98 Å². The minimum atomic E-state index is 0.991. The van der Waals surface area contributed by atoms with Crippen molar-refractivity contribution in [2.45, 2.75) is 40.0 Å². The fourth-order valence-electron chi connectivity index (χ4n) is 2.27. The van der Waals surface area contributed by atoms with E-state index in [9.17, 15) is 0 Å². The zero-order chi connectivity index (χ0) is 13.8. The van der Waals surface area contributed by atoms with Gasteiger partial charge in [-0.15, -0.1) is 0 Å². The van der Waals surface area contributed by atoms with Crippen LogP contribution in [0.3, 0.4) is 0 Å². The molecule has 0 fully saturated rings. The van der Waals surface area contributed by atoms with Crippen LogP contribution >= 0.6 is 15.9 Å². The third-order valence-corrected chi connectivity index (χ3v) is 3.90. The quantitative estimate of drug-likeness (QED) is 0.830. The largest absolute Gasteiger partial charge is 0.384 e. The zero-order valence-electron chi connectivity index (χ0n) is 11.9. The lowest BCUT2D eigenvalue weighted by molar-refractivity contribution is 0.888. The first-order valence-electron chi connectivity index (χ1n) is 7.00. The average molecular weight is 321 g/mol. The van der Waals surface area contributed by atoms with Crippen molar-refractivity contribution in [3.05, 3.63) is 33.9 Å². The van der Waals surface area contributed by atoms with Gasteiger partial charge in [0, 0.05) is 27.8 Å². The molecule has 1 aromatic carbocycles.